The number of nitrogens with zero attached hydrogens (tertiary/aromatic N) is 1. The Kier molecular flexibility index (Phi) is 6.66. The lowest BCUT2D eigenvalue weighted by molar-refractivity contribution is -0.141. The van der Waals surface area contributed by atoms with Crippen molar-refractivity contribution in [3.63, 3.8) is 0 Å². The molecule has 1 spiro atoms. The first kappa shape index (κ1) is 24.3. The van der Waals surface area contributed by atoms with Crippen molar-refractivity contribution in [2.75, 3.05) is 11.9 Å². The SMILES string of the molecule is CC(C)CCN1C(=O)[C@H]2[C@@H](C(=O)Nc3ccc(Cl)cc3)[C@H]3C=C[C@@]2(O3)[C@H]1C(=O)NC1CCCCC1. The minimum absolute atomic E-state index is 0.125. The molecule has 5 rings (SSSR count). The topological polar surface area (TPSA) is 87.7 Å². The molecule has 2 N–H and O–H groups in total. The van der Waals surface area contributed by atoms with Crippen molar-refractivity contribution < 1.29 is 19.1 Å². The molecule has 1 saturated carbocycles. The van der Waals surface area contributed by atoms with Crippen LogP contribution in [0.25, 0.3) is 0 Å². The molecule has 7 nitrogen and oxygen atoms in total. The molecule has 5 atom stereocenters. The Morgan fingerprint density at radius 3 is 2.54 bits per heavy atom. The number of anilines is 1. The molecule has 2 saturated heterocycles. The van der Waals surface area contributed by atoms with E-state index in [1.807, 2.05) is 12.2 Å². The zero-order chi connectivity index (χ0) is 24.7. The van der Waals surface area contributed by atoms with Crippen LogP contribution in [0.3, 0.4) is 0 Å². The van der Waals surface area contributed by atoms with Crippen molar-refractivity contribution >= 4 is 35.0 Å². The van der Waals surface area contributed by atoms with E-state index in [2.05, 4.69) is 24.5 Å². The summed E-state index contributed by atoms with van der Waals surface area (Å²) in [6.45, 7) is 4.66. The monoisotopic (exact) mass is 499 g/mol. The van der Waals surface area contributed by atoms with Crippen LogP contribution in [0, 0.1) is 17.8 Å². The summed E-state index contributed by atoms with van der Waals surface area (Å²) in [5.74, 6) is -1.66. The first-order chi connectivity index (χ1) is 16.8. The summed E-state index contributed by atoms with van der Waals surface area (Å²) in [6, 6.07) is 6.22. The van der Waals surface area contributed by atoms with Gasteiger partial charge in [-0.15, -0.1) is 0 Å². The van der Waals surface area contributed by atoms with Crippen molar-refractivity contribution in [1.82, 2.24) is 10.2 Å². The van der Waals surface area contributed by atoms with Gasteiger partial charge in [-0.3, -0.25) is 14.4 Å². The number of ether oxygens (including phenoxy) is 1. The van der Waals surface area contributed by atoms with Gasteiger partial charge in [-0.1, -0.05) is 56.9 Å². The molecule has 1 aromatic rings. The Bertz CT molecular complexity index is 1020. The van der Waals surface area contributed by atoms with E-state index in [0.717, 1.165) is 32.1 Å². The third-order valence-corrected chi connectivity index (χ3v) is 8.19. The maximum absolute atomic E-state index is 13.8. The second-order valence-electron chi connectivity index (χ2n) is 10.8. The molecule has 35 heavy (non-hydrogen) atoms. The zero-order valence-electron chi connectivity index (χ0n) is 20.3. The molecular weight excluding hydrogens is 466 g/mol. The van der Waals surface area contributed by atoms with Gasteiger partial charge in [-0.25, -0.2) is 0 Å². The molecule has 188 valence electrons. The normalized spacial score (nSPS) is 31.8. The van der Waals surface area contributed by atoms with E-state index in [-0.39, 0.29) is 23.8 Å². The number of rotatable bonds is 7. The maximum atomic E-state index is 13.8. The molecule has 8 heteroatoms. The van der Waals surface area contributed by atoms with Gasteiger partial charge in [0.05, 0.1) is 17.9 Å². The molecule has 0 radical (unpaired) electrons. The first-order valence-electron chi connectivity index (χ1n) is 12.8. The molecule has 0 unspecified atom stereocenters. The Labute approximate surface area is 211 Å². The van der Waals surface area contributed by atoms with E-state index in [4.69, 9.17) is 16.3 Å². The number of hydrogen-bond donors (Lipinski definition) is 2. The van der Waals surface area contributed by atoms with Gasteiger partial charge in [-0.2, -0.15) is 0 Å². The van der Waals surface area contributed by atoms with Crippen molar-refractivity contribution in [3.05, 3.63) is 41.4 Å². The highest BCUT2D eigenvalue weighted by Gasteiger charge is 2.72. The summed E-state index contributed by atoms with van der Waals surface area (Å²) < 4.78 is 6.39. The van der Waals surface area contributed by atoms with E-state index in [9.17, 15) is 14.4 Å². The highest BCUT2D eigenvalue weighted by Crippen LogP contribution is 2.55. The molecule has 2 bridgehead atoms. The Hall–Kier alpha value is -2.38. The molecule has 0 aromatic heterocycles. The molecule has 3 heterocycles. The van der Waals surface area contributed by atoms with E-state index in [1.165, 1.54) is 6.42 Å². The van der Waals surface area contributed by atoms with Gasteiger partial charge in [0.1, 0.15) is 11.6 Å². The summed E-state index contributed by atoms with van der Waals surface area (Å²) in [5, 5.41) is 6.71. The lowest BCUT2D eigenvalue weighted by Gasteiger charge is -2.34. The van der Waals surface area contributed by atoms with Crippen LogP contribution in [-0.2, 0) is 19.1 Å². The van der Waals surface area contributed by atoms with E-state index in [1.54, 1.807) is 29.2 Å². The number of amides is 3. The number of fused-ring (bicyclic) bond motifs is 1. The van der Waals surface area contributed by atoms with Gasteiger partial charge in [0.25, 0.3) is 0 Å². The van der Waals surface area contributed by atoms with Gasteiger partial charge in [0.2, 0.25) is 17.7 Å². The second kappa shape index (κ2) is 9.58. The van der Waals surface area contributed by atoms with Crippen LogP contribution in [0.2, 0.25) is 5.02 Å². The summed E-state index contributed by atoms with van der Waals surface area (Å²) >= 11 is 5.97. The average Bonchev–Trinajstić information content (AvgIpc) is 3.47. The van der Waals surface area contributed by atoms with E-state index >= 15 is 0 Å². The van der Waals surface area contributed by atoms with Gasteiger partial charge in [-0.05, 0) is 49.4 Å². The van der Waals surface area contributed by atoms with Crippen molar-refractivity contribution in [2.24, 2.45) is 17.8 Å². The van der Waals surface area contributed by atoms with Crippen molar-refractivity contribution in [1.29, 1.82) is 0 Å². The average molecular weight is 500 g/mol. The maximum Gasteiger partial charge on any atom is 0.246 e. The predicted molar refractivity (Wildman–Crippen MR) is 134 cm³/mol. The first-order valence-corrected chi connectivity index (χ1v) is 13.2. The summed E-state index contributed by atoms with van der Waals surface area (Å²) in [5.41, 5.74) is -0.506. The van der Waals surface area contributed by atoms with E-state index in [0.29, 0.717) is 23.2 Å². The largest absolute Gasteiger partial charge is 0.359 e. The quantitative estimate of drug-likeness (QED) is 0.556. The number of carbonyl (C=O) groups is 3. The van der Waals surface area contributed by atoms with Crippen LogP contribution in [0.5, 0.6) is 0 Å². The minimum Gasteiger partial charge on any atom is -0.359 e. The lowest BCUT2D eigenvalue weighted by atomic mass is 9.74. The fourth-order valence-electron chi connectivity index (χ4n) is 6.19. The zero-order valence-corrected chi connectivity index (χ0v) is 21.1. The van der Waals surface area contributed by atoms with Gasteiger partial charge < -0.3 is 20.3 Å². The Balaban J connectivity index is 1.42. The Morgan fingerprint density at radius 1 is 1.14 bits per heavy atom. The van der Waals surface area contributed by atoms with E-state index < -0.39 is 29.6 Å². The standard InChI is InChI=1S/C27H34ClN3O4/c1-16(2)13-15-31-23(25(33)30-18-6-4-3-5-7-18)27-14-12-20(35-27)21(22(27)26(31)34)24(32)29-19-10-8-17(28)9-11-19/h8-12,14,16,18,20-23H,3-7,13,15H2,1-2H3,(H,29,32)(H,30,33)/t20-,21+,22-,23-,27+/m1/s1. The number of likely N-dealkylation sites (tertiary alicyclic amines) is 1. The van der Waals surface area contributed by atoms with Crippen LogP contribution in [0.1, 0.15) is 52.4 Å². The number of benzene rings is 1. The van der Waals surface area contributed by atoms with Gasteiger partial charge in [0.15, 0.2) is 0 Å². The predicted octanol–water partition coefficient (Wildman–Crippen LogP) is 3.92. The smallest absolute Gasteiger partial charge is 0.246 e. The number of nitrogens with one attached hydrogen (secondary N) is 2. The highest BCUT2D eigenvalue weighted by atomic mass is 35.5. The molecule has 4 aliphatic rings. The number of hydrogen-bond acceptors (Lipinski definition) is 4. The molecule has 3 fully saturated rings. The highest BCUT2D eigenvalue weighted by molar-refractivity contribution is 6.30. The fraction of sp³-hybridized carbons (Fsp3) is 0.593. The van der Waals surface area contributed by atoms with Gasteiger partial charge >= 0.3 is 0 Å². The third kappa shape index (κ3) is 4.38. The number of halogens is 1. The summed E-state index contributed by atoms with van der Waals surface area (Å²) in [7, 11) is 0. The Morgan fingerprint density at radius 2 is 1.86 bits per heavy atom. The minimum atomic E-state index is -1.11. The third-order valence-electron chi connectivity index (χ3n) is 7.94. The molecule has 1 aromatic carbocycles. The molecular formula is C27H34ClN3O4. The molecule has 3 aliphatic heterocycles. The van der Waals surface area contributed by atoms with Crippen molar-refractivity contribution in [2.45, 2.75) is 76.2 Å². The van der Waals surface area contributed by atoms with Crippen LogP contribution in [0.15, 0.2) is 36.4 Å². The van der Waals surface area contributed by atoms with Crippen LogP contribution >= 0.6 is 11.6 Å². The van der Waals surface area contributed by atoms with Crippen molar-refractivity contribution in [3.8, 4) is 0 Å². The molecule has 3 amide bonds. The lowest BCUT2D eigenvalue weighted by Crippen LogP contribution is -2.56. The van der Waals surface area contributed by atoms with Crippen LogP contribution in [-0.4, -0.2) is 53.0 Å². The molecule has 1 aliphatic carbocycles. The van der Waals surface area contributed by atoms with Crippen LogP contribution < -0.4 is 10.6 Å². The summed E-state index contributed by atoms with van der Waals surface area (Å²) in [4.78, 5) is 42.6. The van der Waals surface area contributed by atoms with Crippen LogP contribution in [0.4, 0.5) is 5.69 Å². The second-order valence-corrected chi connectivity index (χ2v) is 11.2. The number of carbonyl (C=O) groups excluding carboxylic acids is 3. The van der Waals surface area contributed by atoms with Gasteiger partial charge in [0, 0.05) is 23.3 Å². The summed E-state index contributed by atoms with van der Waals surface area (Å²) in [6.07, 6.45) is 9.27. The fourth-order valence-corrected chi connectivity index (χ4v) is 6.32.